The van der Waals surface area contributed by atoms with Crippen molar-refractivity contribution >= 4 is 55.8 Å². The molecule has 1 unspecified atom stereocenters. The molecular formula is C34H29BrN2O8S. The number of nitrogens with zero attached hydrogens (tertiary/aromatic N) is 2. The van der Waals surface area contributed by atoms with Crippen LogP contribution in [0.1, 0.15) is 43.7 Å². The van der Waals surface area contributed by atoms with Crippen molar-refractivity contribution in [3.63, 3.8) is 0 Å². The molecule has 1 aliphatic rings. The summed E-state index contributed by atoms with van der Waals surface area (Å²) in [6, 6.07) is 16.1. The molecule has 1 aromatic heterocycles. The lowest BCUT2D eigenvalue weighted by Crippen LogP contribution is -2.29. The Hall–Kier alpha value is -4.94. The Bertz CT molecular complexity index is 1880. The van der Waals surface area contributed by atoms with Crippen LogP contribution in [-0.2, 0) is 20.9 Å². The number of aliphatic hydroxyl groups excluding tert-OH is 1. The monoisotopic (exact) mass is 704 g/mol. The van der Waals surface area contributed by atoms with Crippen molar-refractivity contribution in [2.24, 2.45) is 0 Å². The maximum Gasteiger partial charge on any atom is 0.350 e. The van der Waals surface area contributed by atoms with E-state index in [2.05, 4.69) is 27.5 Å². The fraction of sp³-hybridized carbons (Fsp3) is 0.176. The summed E-state index contributed by atoms with van der Waals surface area (Å²) < 4.78 is 16.6. The molecule has 5 rings (SSSR count). The highest BCUT2D eigenvalue weighted by molar-refractivity contribution is 9.10. The van der Waals surface area contributed by atoms with Crippen molar-refractivity contribution in [1.82, 2.24) is 4.98 Å². The Morgan fingerprint density at radius 1 is 1.13 bits per heavy atom. The summed E-state index contributed by atoms with van der Waals surface area (Å²) in [5.74, 6) is -2.61. The van der Waals surface area contributed by atoms with E-state index in [1.165, 1.54) is 25.3 Å². The van der Waals surface area contributed by atoms with Crippen molar-refractivity contribution < 1.29 is 38.8 Å². The molecule has 1 saturated heterocycles. The molecule has 2 heterocycles. The Morgan fingerprint density at radius 2 is 1.85 bits per heavy atom. The van der Waals surface area contributed by atoms with E-state index >= 15 is 0 Å². The number of halogens is 1. The smallest absolute Gasteiger partial charge is 0.350 e. The van der Waals surface area contributed by atoms with Crippen LogP contribution in [0.25, 0.3) is 5.76 Å². The molecule has 1 atom stereocenters. The maximum atomic E-state index is 13.7. The summed E-state index contributed by atoms with van der Waals surface area (Å²) in [4.78, 5) is 45.7. The third-order valence-electron chi connectivity index (χ3n) is 7.32. The van der Waals surface area contributed by atoms with Crippen molar-refractivity contribution in [3.05, 3.63) is 116 Å². The molecule has 0 bridgehead atoms. The Balaban J connectivity index is 1.58. The first-order valence-electron chi connectivity index (χ1n) is 14.0. The van der Waals surface area contributed by atoms with E-state index in [0.717, 1.165) is 27.4 Å². The number of phenols is 1. The predicted molar refractivity (Wildman–Crippen MR) is 176 cm³/mol. The SMILES string of the molecule is C=CCOC(=O)c1sc(N2C(=O)C(=O)C(=C(O)c3ccc(OCc4ccccc4C)cc3)C2c2cc(Br)c(O)c(OC)c2)nc1C. The molecule has 0 radical (unpaired) electrons. The van der Waals surface area contributed by atoms with Gasteiger partial charge in [0.05, 0.1) is 28.9 Å². The van der Waals surface area contributed by atoms with Crippen molar-refractivity contribution in [3.8, 4) is 17.2 Å². The molecule has 1 amide bonds. The molecule has 0 saturated carbocycles. The highest BCUT2D eigenvalue weighted by atomic mass is 79.9. The van der Waals surface area contributed by atoms with E-state index in [1.807, 2.05) is 31.2 Å². The lowest BCUT2D eigenvalue weighted by atomic mass is 9.95. The van der Waals surface area contributed by atoms with Crippen molar-refractivity contribution in [1.29, 1.82) is 0 Å². The zero-order chi connectivity index (χ0) is 33.1. The van der Waals surface area contributed by atoms with Crippen LogP contribution >= 0.6 is 27.3 Å². The van der Waals surface area contributed by atoms with Crippen LogP contribution in [-0.4, -0.2) is 46.6 Å². The molecule has 10 nitrogen and oxygen atoms in total. The lowest BCUT2D eigenvalue weighted by Gasteiger charge is -2.24. The largest absolute Gasteiger partial charge is 0.507 e. The summed E-state index contributed by atoms with van der Waals surface area (Å²) in [5.41, 5.74) is 2.78. The van der Waals surface area contributed by atoms with Crippen LogP contribution in [0.3, 0.4) is 0 Å². The van der Waals surface area contributed by atoms with Crippen LogP contribution in [0.2, 0.25) is 0 Å². The van der Waals surface area contributed by atoms with Gasteiger partial charge in [0.15, 0.2) is 16.6 Å². The summed E-state index contributed by atoms with van der Waals surface area (Å²) >= 11 is 4.18. The van der Waals surface area contributed by atoms with Gasteiger partial charge in [0.2, 0.25) is 0 Å². The van der Waals surface area contributed by atoms with E-state index in [1.54, 1.807) is 31.2 Å². The summed E-state index contributed by atoms with van der Waals surface area (Å²) in [5, 5.41) is 22.1. The van der Waals surface area contributed by atoms with Gasteiger partial charge in [0, 0.05) is 5.56 Å². The number of aliphatic hydroxyl groups is 1. The number of hydrogen-bond acceptors (Lipinski definition) is 10. The number of esters is 1. The molecule has 1 aliphatic heterocycles. The first-order valence-corrected chi connectivity index (χ1v) is 15.6. The van der Waals surface area contributed by atoms with Gasteiger partial charge >= 0.3 is 11.9 Å². The van der Waals surface area contributed by atoms with Gasteiger partial charge < -0.3 is 24.4 Å². The number of rotatable bonds is 10. The number of amides is 1. The number of phenolic OH excluding ortho intramolecular Hbond substituents is 1. The number of aromatic nitrogens is 1. The number of carbonyl (C=O) groups is 3. The Morgan fingerprint density at radius 3 is 2.52 bits per heavy atom. The molecule has 0 spiro atoms. The maximum absolute atomic E-state index is 13.7. The number of methoxy groups -OCH3 is 1. The minimum Gasteiger partial charge on any atom is -0.507 e. The van der Waals surface area contributed by atoms with Gasteiger partial charge in [-0.2, -0.15) is 0 Å². The van der Waals surface area contributed by atoms with Gasteiger partial charge in [0.1, 0.15) is 29.6 Å². The average Bonchev–Trinajstić information content (AvgIpc) is 3.56. The van der Waals surface area contributed by atoms with E-state index in [4.69, 9.17) is 14.2 Å². The zero-order valence-corrected chi connectivity index (χ0v) is 27.5. The molecule has 0 aliphatic carbocycles. The molecular weight excluding hydrogens is 676 g/mol. The van der Waals surface area contributed by atoms with E-state index in [0.29, 0.717) is 23.6 Å². The molecule has 2 N–H and O–H groups in total. The van der Waals surface area contributed by atoms with E-state index in [9.17, 15) is 24.6 Å². The third kappa shape index (κ3) is 6.26. The number of Topliss-reactive ketones (excluding diaryl/α,β-unsaturated/α-hetero) is 1. The molecule has 236 valence electrons. The number of aryl methyl sites for hydroxylation is 2. The molecule has 12 heteroatoms. The molecule has 3 aromatic carbocycles. The number of anilines is 1. The second kappa shape index (κ2) is 13.6. The normalized spacial score (nSPS) is 15.6. The number of aromatic hydroxyl groups is 1. The second-order valence-corrected chi connectivity index (χ2v) is 12.1. The molecule has 4 aromatic rings. The predicted octanol–water partition coefficient (Wildman–Crippen LogP) is 6.78. The van der Waals surface area contributed by atoms with Crippen LogP contribution in [0, 0.1) is 13.8 Å². The van der Waals surface area contributed by atoms with Gasteiger partial charge in [-0.05, 0) is 82.9 Å². The van der Waals surface area contributed by atoms with Crippen LogP contribution in [0.5, 0.6) is 17.2 Å². The minimum absolute atomic E-state index is 0.0208. The summed E-state index contributed by atoms with van der Waals surface area (Å²) in [6.45, 7) is 7.44. The quantitative estimate of drug-likeness (QED) is 0.0602. The Labute approximate surface area is 277 Å². The number of carbonyl (C=O) groups excluding carboxylic acids is 3. The standard InChI is InChI=1S/C34H29BrN2O8S/c1-5-14-44-33(42)31-19(3)36-34(46-31)37-27(22-15-24(35)29(39)25(16-22)43-4)26(30(40)32(37)41)28(38)20-10-12-23(13-11-20)45-17-21-9-7-6-8-18(21)2/h5-13,15-16,27,38-39H,1,14,17H2,2-4H3. The van der Waals surface area contributed by atoms with Crippen LogP contribution in [0.15, 0.2) is 83.4 Å². The van der Waals surface area contributed by atoms with Gasteiger partial charge in [0.25, 0.3) is 5.78 Å². The number of thiazole rings is 1. The number of hydrogen-bond donors (Lipinski definition) is 2. The van der Waals surface area contributed by atoms with Crippen LogP contribution < -0.4 is 14.4 Å². The second-order valence-electron chi connectivity index (χ2n) is 10.3. The van der Waals surface area contributed by atoms with E-state index in [-0.39, 0.29) is 43.7 Å². The fourth-order valence-electron chi connectivity index (χ4n) is 4.92. The highest BCUT2D eigenvalue weighted by Gasteiger charge is 2.49. The summed E-state index contributed by atoms with van der Waals surface area (Å²) in [6.07, 6.45) is 1.42. The third-order valence-corrected chi connectivity index (χ3v) is 9.06. The van der Waals surface area contributed by atoms with Crippen molar-refractivity contribution in [2.75, 3.05) is 18.6 Å². The van der Waals surface area contributed by atoms with Gasteiger partial charge in [-0.25, -0.2) is 9.78 Å². The number of ether oxygens (including phenoxy) is 3. The van der Waals surface area contributed by atoms with E-state index < -0.39 is 29.5 Å². The molecule has 46 heavy (non-hydrogen) atoms. The molecule has 1 fully saturated rings. The number of benzene rings is 3. The van der Waals surface area contributed by atoms with Crippen LogP contribution in [0.4, 0.5) is 5.13 Å². The average molecular weight is 706 g/mol. The highest BCUT2D eigenvalue weighted by Crippen LogP contribution is 2.47. The first kappa shape index (κ1) is 32.5. The van der Waals surface area contributed by atoms with Gasteiger partial charge in [-0.15, -0.1) is 0 Å². The fourth-order valence-corrected chi connectivity index (χ4v) is 6.37. The topological polar surface area (TPSA) is 135 Å². The van der Waals surface area contributed by atoms with Gasteiger partial charge in [-0.1, -0.05) is 48.3 Å². The van der Waals surface area contributed by atoms with Crippen molar-refractivity contribution in [2.45, 2.75) is 26.5 Å². The zero-order valence-electron chi connectivity index (χ0n) is 25.1. The minimum atomic E-state index is -1.20. The number of ketones is 1. The Kier molecular flexibility index (Phi) is 9.59. The lowest BCUT2D eigenvalue weighted by molar-refractivity contribution is -0.132. The summed E-state index contributed by atoms with van der Waals surface area (Å²) in [7, 11) is 1.36. The van der Waals surface area contributed by atoms with Gasteiger partial charge in [-0.3, -0.25) is 14.5 Å². The first-order chi connectivity index (χ1) is 22.0.